The zero-order chi connectivity index (χ0) is 10.7. The largest absolute Gasteiger partial charge is 0.243 e. The number of hydrogen-bond acceptors (Lipinski definition) is 2. The number of benzene rings is 1. The van der Waals surface area contributed by atoms with Crippen LogP contribution in [0.4, 0.5) is 0 Å². The molecule has 0 amide bonds. The molecule has 2 nitrogen and oxygen atoms in total. The zero-order valence-electron chi connectivity index (χ0n) is 8.44. The molecular formula is C12H11ClN2. The van der Waals surface area contributed by atoms with Gasteiger partial charge in [-0.3, -0.25) is 0 Å². The van der Waals surface area contributed by atoms with Crippen LogP contribution in [0.1, 0.15) is 12.5 Å². The number of nitrogens with zero attached hydrogens (tertiary/aromatic N) is 2. The molecular weight excluding hydrogens is 208 g/mol. The molecule has 0 bridgehead atoms. The van der Waals surface area contributed by atoms with E-state index < -0.39 is 0 Å². The fourth-order valence-electron chi connectivity index (χ4n) is 1.42. The molecule has 0 fully saturated rings. The number of rotatable bonds is 2. The van der Waals surface area contributed by atoms with Gasteiger partial charge in [-0.25, -0.2) is 9.97 Å². The van der Waals surface area contributed by atoms with E-state index in [0.29, 0.717) is 5.02 Å². The molecule has 3 heteroatoms. The maximum atomic E-state index is 6.01. The predicted molar refractivity (Wildman–Crippen MR) is 61.9 cm³/mol. The molecule has 1 aromatic heterocycles. The second-order valence-electron chi connectivity index (χ2n) is 3.27. The van der Waals surface area contributed by atoms with Gasteiger partial charge in [0.2, 0.25) is 0 Å². The normalized spacial score (nSPS) is 10.3. The first-order valence-electron chi connectivity index (χ1n) is 4.86. The van der Waals surface area contributed by atoms with E-state index in [4.69, 9.17) is 11.6 Å². The first kappa shape index (κ1) is 10.1. The summed E-state index contributed by atoms with van der Waals surface area (Å²) in [6, 6.07) is 8.25. The minimum atomic E-state index is 0.585. The summed E-state index contributed by atoms with van der Waals surface area (Å²) >= 11 is 6.01. The Morgan fingerprint density at radius 1 is 1.20 bits per heavy atom. The summed E-state index contributed by atoms with van der Waals surface area (Å²) in [5.74, 6) is 0. The molecule has 0 saturated carbocycles. The summed E-state index contributed by atoms with van der Waals surface area (Å²) < 4.78 is 0. The van der Waals surface area contributed by atoms with Crippen LogP contribution in [0, 0.1) is 0 Å². The third-order valence-electron chi connectivity index (χ3n) is 2.30. The van der Waals surface area contributed by atoms with Crippen LogP contribution in [0.15, 0.2) is 36.8 Å². The molecule has 0 aliphatic carbocycles. The van der Waals surface area contributed by atoms with Gasteiger partial charge in [-0.2, -0.15) is 0 Å². The van der Waals surface area contributed by atoms with Gasteiger partial charge in [-0.05, 0) is 12.0 Å². The molecule has 0 aliphatic heterocycles. The Morgan fingerprint density at radius 3 is 2.53 bits per heavy atom. The summed E-state index contributed by atoms with van der Waals surface area (Å²) in [6.45, 7) is 2.13. The molecule has 2 aromatic rings. The topological polar surface area (TPSA) is 25.8 Å². The van der Waals surface area contributed by atoms with Crippen LogP contribution < -0.4 is 0 Å². The van der Waals surface area contributed by atoms with Crippen molar-refractivity contribution in [2.45, 2.75) is 13.3 Å². The van der Waals surface area contributed by atoms with Crippen molar-refractivity contribution in [2.24, 2.45) is 0 Å². The van der Waals surface area contributed by atoms with E-state index in [1.807, 2.05) is 12.1 Å². The van der Waals surface area contributed by atoms with Crippen molar-refractivity contribution in [3.05, 3.63) is 47.4 Å². The monoisotopic (exact) mass is 218 g/mol. The van der Waals surface area contributed by atoms with Gasteiger partial charge in [0.25, 0.3) is 0 Å². The van der Waals surface area contributed by atoms with E-state index in [9.17, 15) is 0 Å². The SMILES string of the molecule is CCc1ccc(-c2ncncc2Cl)cc1. The van der Waals surface area contributed by atoms with Gasteiger partial charge in [-0.1, -0.05) is 42.8 Å². The van der Waals surface area contributed by atoms with Crippen molar-refractivity contribution in [2.75, 3.05) is 0 Å². The molecule has 76 valence electrons. The van der Waals surface area contributed by atoms with Crippen LogP contribution in [0.2, 0.25) is 5.02 Å². The molecule has 15 heavy (non-hydrogen) atoms. The minimum Gasteiger partial charge on any atom is -0.243 e. The summed E-state index contributed by atoms with van der Waals surface area (Å²) in [4.78, 5) is 8.02. The number of hydrogen-bond donors (Lipinski definition) is 0. The van der Waals surface area contributed by atoms with Crippen LogP contribution in [0.3, 0.4) is 0 Å². The Labute approximate surface area is 94.0 Å². The van der Waals surface area contributed by atoms with E-state index in [1.165, 1.54) is 11.9 Å². The van der Waals surface area contributed by atoms with E-state index >= 15 is 0 Å². The molecule has 2 rings (SSSR count). The van der Waals surface area contributed by atoms with Crippen molar-refractivity contribution in [1.82, 2.24) is 9.97 Å². The van der Waals surface area contributed by atoms with Gasteiger partial charge in [0.1, 0.15) is 6.33 Å². The fraction of sp³-hybridized carbons (Fsp3) is 0.167. The molecule has 0 saturated heterocycles. The quantitative estimate of drug-likeness (QED) is 0.773. The molecule has 0 unspecified atom stereocenters. The van der Waals surface area contributed by atoms with Crippen LogP contribution in [0.25, 0.3) is 11.3 Å². The van der Waals surface area contributed by atoms with Crippen molar-refractivity contribution in [3.63, 3.8) is 0 Å². The predicted octanol–water partition coefficient (Wildman–Crippen LogP) is 3.36. The van der Waals surface area contributed by atoms with Crippen LogP contribution in [0.5, 0.6) is 0 Å². The number of halogens is 1. The van der Waals surface area contributed by atoms with Crippen LogP contribution >= 0.6 is 11.6 Å². The molecule has 0 radical (unpaired) electrons. The van der Waals surface area contributed by atoms with Crippen molar-refractivity contribution >= 4 is 11.6 Å². The molecule has 0 spiro atoms. The van der Waals surface area contributed by atoms with E-state index in [-0.39, 0.29) is 0 Å². The van der Waals surface area contributed by atoms with Crippen molar-refractivity contribution in [3.8, 4) is 11.3 Å². The Kier molecular flexibility index (Phi) is 2.97. The van der Waals surface area contributed by atoms with Crippen LogP contribution in [-0.4, -0.2) is 9.97 Å². The van der Waals surface area contributed by atoms with Gasteiger partial charge < -0.3 is 0 Å². The lowest BCUT2D eigenvalue weighted by Crippen LogP contribution is -1.87. The lowest BCUT2D eigenvalue weighted by atomic mass is 10.1. The Hall–Kier alpha value is -1.41. The number of aromatic nitrogens is 2. The molecule has 0 N–H and O–H groups in total. The third kappa shape index (κ3) is 2.16. The lowest BCUT2D eigenvalue weighted by molar-refractivity contribution is 1.14. The maximum absolute atomic E-state index is 6.01. The third-order valence-corrected chi connectivity index (χ3v) is 2.58. The highest BCUT2D eigenvalue weighted by atomic mass is 35.5. The molecule has 1 heterocycles. The van der Waals surface area contributed by atoms with Crippen LogP contribution in [-0.2, 0) is 6.42 Å². The van der Waals surface area contributed by atoms with Crippen molar-refractivity contribution in [1.29, 1.82) is 0 Å². The van der Waals surface area contributed by atoms with Gasteiger partial charge >= 0.3 is 0 Å². The smallest absolute Gasteiger partial charge is 0.116 e. The summed E-state index contributed by atoms with van der Waals surface area (Å²) in [7, 11) is 0. The maximum Gasteiger partial charge on any atom is 0.116 e. The number of aryl methyl sites for hydroxylation is 1. The van der Waals surface area contributed by atoms with Gasteiger partial charge in [-0.15, -0.1) is 0 Å². The Morgan fingerprint density at radius 2 is 1.93 bits per heavy atom. The molecule has 1 aromatic carbocycles. The van der Waals surface area contributed by atoms with E-state index in [1.54, 1.807) is 6.20 Å². The highest BCUT2D eigenvalue weighted by Crippen LogP contribution is 2.24. The molecule has 0 atom stereocenters. The van der Waals surface area contributed by atoms with E-state index in [2.05, 4.69) is 29.0 Å². The first-order valence-corrected chi connectivity index (χ1v) is 5.24. The summed E-state index contributed by atoms with van der Waals surface area (Å²) in [5.41, 5.74) is 3.12. The lowest BCUT2D eigenvalue weighted by Gasteiger charge is -2.03. The van der Waals surface area contributed by atoms with E-state index in [0.717, 1.165) is 17.7 Å². The van der Waals surface area contributed by atoms with Gasteiger partial charge in [0.05, 0.1) is 10.7 Å². The highest BCUT2D eigenvalue weighted by Gasteiger charge is 2.03. The van der Waals surface area contributed by atoms with Crippen molar-refractivity contribution < 1.29 is 0 Å². The minimum absolute atomic E-state index is 0.585. The standard InChI is InChI=1S/C12H11ClN2/c1-2-9-3-5-10(6-4-9)12-11(13)7-14-8-15-12/h3-8H,2H2,1H3. The second-order valence-corrected chi connectivity index (χ2v) is 3.68. The summed E-state index contributed by atoms with van der Waals surface area (Å²) in [5, 5.41) is 0.585. The highest BCUT2D eigenvalue weighted by molar-refractivity contribution is 6.32. The first-order chi connectivity index (χ1) is 7.31. The molecule has 0 aliphatic rings. The van der Waals surface area contributed by atoms with Gasteiger partial charge in [0, 0.05) is 11.8 Å². The second kappa shape index (κ2) is 4.41. The summed E-state index contributed by atoms with van der Waals surface area (Å²) in [6.07, 6.45) is 4.16. The average Bonchev–Trinajstić information content (AvgIpc) is 2.30. The fourth-order valence-corrected chi connectivity index (χ4v) is 1.64. The Bertz CT molecular complexity index is 451. The average molecular weight is 219 g/mol. The Balaban J connectivity index is 2.42. The van der Waals surface area contributed by atoms with Gasteiger partial charge in [0.15, 0.2) is 0 Å². The zero-order valence-corrected chi connectivity index (χ0v) is 9.20.